The summed E-state index contributed by atoms with van der Waals surface area (Å²) in [6, 6.07) is 7.97. The zero-order valence-electron chi connectivity index (χ0n) is 24.7. The van der Waals surface area contributed by atoms with Gasteiger partial charge in [0.15, 0.2) is 5.65 Å². The van der Waals surface area contributed by atoms with Crippen molar-refractivity contribution in [2.75, 3.05) is 50.1 Å². The molecule has 1 aromatic carbocycles. The minimum Gasteiger partial charge on any atom is -0.378 e. The minimum absolute atomic E-state index is 0.0292. The van der Waals surface area contributed by atoms with Crippen molar-refractivity contribution in [3.63, 3.8) is 0 Å². The molecule has 3 N–H and O–H groups in total. The number of imidazole rings is 1. The maximum atomic E-state index is 12.4. The fourth-order valence-electron chi connectivity index (χ4n) is 5.54. The van der Waals surface area contributed by atoms with E-state index in [1.54, 1.807) is 17.4 Å². The SMILES string of the molecule is CCS(=O)(=O)N1CCC(Nc2c(Br)cnc3nc(-c4cc(C)n(-c5cccc(NC(=O)CN(C)C)c5C)c4C)[nH]c23)C1. The standard InChI is InChI=1S/C29H37BrN8O3S/c1-7-42(40,41)37-12-11-20(15-37)32-26-22(30)14-31-29-27(26)34-28(35-29)21-13-17(2)38(19(21)4)24-10-8-9-23(18(24)3)33-25(39)16-36(5)6/h8-10,13-14,20H,7,11-12,15-16H2,1-6H3,(H,33,39)(H2,31,32,34,35). The Kier molecular flexibility index (Phi) is 8.48. The van der Waals surface area contributed by atoms with Gasteiger partial charge in [-0.05, 0) is 87.9 Å². The monoisotopic (exact) mass is 656 g/mol. The first-order valence-corrected chi connectivity index (χ1v) is 16.3. The molecule has 1 atom stereocenters. The van der Waals surface area contributed by atoms with Crippen molar-refractivity contribution >= 4 is 54.4 Å². The predicted molar refractivity (Wildman–Crippen MR) is 171 cm³/mol. The van der Waals surface area contributed by atoms with Gasteiger partial charge in [0, 0.05) is 48.0 Å². The minimum atomic E-state index is -3.23. The summed E-state index contributed by atoms with van der Waals surface area (Å²) in [6.07, 6.45) is 2.43. The van der Waals surface area contributed by atoms with Crippen LogP contribution in [0.4, 0.5) is 11.4 Å². The van der Waals surface area contributed by atoms with Crippen LogP contribution in [0.2, 0.25) is 0 Å². The molecule has 1 aliphatic rings. The molecule has 13 heteroatoms. The first-order valence-electron chi connectivity index (χ1n) is 13.9. The number of nitrogens with zero attached hydrogens (tertiary/aromatic N) is 5. The predicted octanol–water partition coefficient (Wildman–Crippen LogP) is 4.44. The number of aromatic nitrogens is 4. The van der Waals surface area contributed by atoms with Gasteiger partial charge in [0.25, 0.3) is 0 Å². The summed E-state index contributed by atoms with van der Waals surface area (Å²) in [4.78, 5) is 27.1. The number of likely N-dealkylation sites (N-methyl/N-ethyl adjacent to an activating group) is 1. The fraction of sp³-hybridized carbons (Fsp3) is 0.414. The van der Waals surface area contributed by atoms with E-state index in [1.165, 1.54) is 0 Å². The summed E-state index contributed by atoms with van der Waals surface area (Å²) in [5.41, 5.74) is 7.82. The topological polar surface area (TPSA) is 128 Å². The van der Waals surface area contributed by atoms with E-state index in [9.17, 15) is 13.2 Å². The van der Waals surface area contributed by atoms with E-state index >= 15 is 0 Å². The zero-order valence-corrected chi connectivity index (χ0v) is 27.1. The number of benzene rings is 1. The van der Waals surface area contributed by atoms with E-state index in [1.807, 2.05) is 51.0 Å². The van der Waals surface area contributed by atoms with Gasteiger partial charge in [-0.2, -0.15) is 4.31 Å². The Labute approximate surface area is 254 Å². The Morgan fingerprint density at radius 1 is 1.24 bits per heavy atom. The van der Waals surface area contributed by atoms with Crippen LogP contribution in [0.3, 0.4) is 0 Å². The quantitative estimate of drug-likeness (QED) is 0.243. The van der Waals surface area contributed by atoms with Crippen molar-refractivity contribution in [3.8, 4) is 17.1 Å². The molecule has 1 amide bonds. The van der Waals surface area contributed by atoms with Crippen LogP contribution in [0.1, 0.15) is 30.3 Å². The second-order valence-electron chi connectivity index (χ2n) is 11.0. The summed E-state index contributed by atoms with van der Waals surface area (Å²) < 4.78 is 29.2. The smallest absolute Gasteiger partial charge is 0.238 e. The van der Waals surface area contributed by atoms with Gasteiger partial charge < -0.3 is 25.1 Å². The van der Waals surface area contributed by atoms with Crippen molar-refractivity contribution < 1.29 is 13.2 Å². The highest BCUT2D eigenvalue weighted by Gasteiger charge is 2.31. The van der Waals surface area contributed by atoms with Gasteiger partial charge in [0.2, 0.25) is 15.9 Å². The van der Waals surface area contributed by atoms with Crippen LogP contribution in [0.5, 0.6) is 0 Å². The van der Waals surface area contributed by atoms with E-state index in [2.05, 4.69) is 54.1 Å². The number of nitrogens with one attached hydrogen (secondary N) is 3. The molecular formula is C29H37BrN8O3S. The number of aryl methyl sites for hydroxylation is 1. The average Bonchev–Trinajstić information content (AvgIpc) is 3.64. The Bertz CT molecular complexity index is 1760. The summed E-state index contributed by atoms with van der Waals surface area (Å²) in [6.45, 7) is 9.01. The van der Waals surface area contributed by atoms with Crippen LogP contribution < -0.4 is 10.6 Å². The summed E-state index contributed by atoms with van der Waals surface area (Å²) in [5.74, 6) is 0.720. The molecule has 0 radical (unpaired) electrons. The van der Waals surface area contributed by atoms with Crippen LogP contribution >= 0.6 is 15.9 Å². The van der Waals surface area contributed by atoms with Gasteiger partial charge in [-0.1, -0.05) is 6.07 Å². The second kappa shape index (κ2) is 11.8. The van der Waals surface area contributed by atoms with Crippen molar-refractivity contribution in [2.45, 2.75) is 40.2 Å². The number of amides is 1. The van der Waals surface area contributed by atoms with Crippen molar-refractivity contribution in [3.05, 3.63) is 51.9 Å². The number of halogens is 1. The lowest BCUT2D eigenvalue weighted by Crippen LogP contribution is -2.32. The first-order chi connectivity index (χ1) is 19.9. The number of carbonyl (C=O) groups excluding carboxylic acids is 1. The number of sulfonamides is 1. The molecule has 3 aromatic heterocycles. The van der Waals surface area contributed by atoms with E-state index in [0.717, 1.165) is 49.6 Å². The zero-order chi connectivity index (χ0) is 30.3. The van der Waals surface area contributed by atoms with Gasteiger partial charge >= 0.3 is 0 Å². The van der Waals surface area contributed by atoms with Crippen LogP contribution in [0, 0.1) is 20.8 Å². The third kappa shape index (κ3) is 5.83. The summed E-state index contributed by atoms with van der Waals surface area (Å²) in [5, 5.41) is 6.57. The molecule has 0 saturated carbocycles. The molecule has 11 nitrogen and oxygen atoms in total. The van der Waals surface area contributed by atoms with Crippen molar-refractivity contribution in [2.24, 2.45) is 0 Å². The largest absolute Gasteiger partial charge is 0.378 e. The van der Waals surface area contributed by atoms with E-state index in [-0.39, 0.29) is 17.7 Å². The lowest BCUT2D eigenvalue weighted by Gasteiger charge is -2.17. The molecule has 1 aliphatic heterocycles. The normalized spacial score (nSPS) is 16.0. The highest BCUT2D eigenvalue weighted by atomic mass is 79.9. The fourth-order valence-corrected chi connectivity index (χ4v) is 7.11. The number of hydrogen-bond acceptors (Lipinski definition) is 7. The van der Waals surface area contributed by atoms with Crippen LogP contribution in [0.15, 0.2) is 34.9 Å². The number of anilines is 2. The molecule has 4 aromatic rings. The van der Waals surface area contributed by atoms with E-state index < -0.39 is 10.0 Å². The van der Waals surface area contributed by atoms with Gasteiger partial charge in [0.05, 0.1) is 28.1 Å². The Balaban J connectivity index is 1.47. The van der Waals surface area contributed by atoms with E-state index in [0.29, 0.717) is 37.5 Å². The van der Waals surface area contributed by atoms with Gasteiger partial charge in [-0.3, -0.25) is 4.79 Å². The van der Waals surface area contributed by atoms with Gasteiger partial charge in [-0.15, -0.1) is 0 Å². The molecule has 1 fully saturated rings. The molecule has 224 valence electrons. The molecule has 4 heterocycles. The third-order valence-electron chi connectivity index (χ3n) is 7.70. The molecule has 0 spiro atoms. The molecule has 1 unspecified atom stereocenters. The van der Waals surface area contributed by atoms with Crippen molar-refractivity contribution in [1.82, 2.24) is 28.7 Å². The number of carbonyl (C=O) groups is 1. The number of rotatable bonds is 9. The van der Waals surface area contributed by atoms with Gasteiger partial charge in [-0.25, -0.2) is 18.4 Å². The van der Waals surface area contributed by atoms with E-state index in [4.69, 9.17) is 4.98 Å². The maximum absolute atomic E-state index is 12.4. The number of pyridine rings is 1. The number of aromatic amines is 1. The third-order valence-corrected chi connectivity index (χ3v) is 10.1. The molecular weight excluding hydrogens is 620 g/mol. The molecule has 5 rings (SSSR count). The van der Waals surface area contributed by atoms with Crippen LogP contribution in [0.25, 0.3) is 28.2 Å². The Hall–Kier alpha value is -3.26. The van der Waals surface area contributed by atoms with Crippen LogP contribution in [-0.2, 0) is 14.8 Å². The van der Waals surface area contributed by atoms with Crippen LogP contribution in [-0.4, -0.2) is 88.6 Å². The summed E-state index contributed by atoms with van der Waals surface area (Å²) in [7, 11) is 0.502. The molecule has 0 aliphatic carbocycles. The number of H-pyrrole nitrogens is 1. The maximum Gasteiger partial charge on any atom is 0.238 e. The molecule has 42 heavy (non-hydrogen) atoms. The summed E-state index contributed by atoms with van der Waals surface area (Å²) >= 11 is 3.62. The lowest BCUT2D eigenvalue weighted by molar-refractivity contribution is -0.116. The lowest BCUT2D eigenvalue weighted by atomic mass is 10.1. The van der Waals surface area contributed by atoms with Gasteiger partial charge in [0.1, 0.15) is 11.3 Å². The number of fused-ring (bicyclic) bond motifs is 1. The average molecular weight is 658 g/mol. The Morgan fingerprint density at radius 3 is 2.71 bits per heavy atom. The highest BCUT2D eigenvalue weighted by molar-refractivity contribution is 9.10. The Morgan fingerprint density at radius 2 is 2.00 bits per heavy atom. The number of hydrogen-bond donors (Lipinski definition) is 3. The molecule has 1 saturated heterocycles. The second-order valence-corrected chi connectivity index (χ2v) is 14.1. The van der Waals surface area contributed by atoms with Crippen molar-refractivity contribution in [1.29, 1.82) is 0 Å². The first kappa shape index (κ1) is 30.2. The highest BCUT2D eigenvalue weighted by Crippen LogP contribution is 2.35. The molecule has 0 bridgehead atoms.